The lowest BCUT2D eigenvalue weighted by molar-refractivity contribution is -0.146. The number of alkyl halides is 6. The first-order valence-electron chi connectivity index (χ1n) is 14.2. The third kappa shape index (κ3) is 7.83. The smallest absolute Gasteiger partial charge is 0.369 e. The number of benzene rings is 2. The maximum Gasteiger partial charge on any atom is 0.433 e. The first-order chi connectivity index (χ1) is 20.4. The van der Waals surface area contributed by atoms with Crippen molar-refractivity contribution in [3.05, 3.63) is 64.9 Å². The third-order valence-electron chi connectivity index (χ3n) is 7.58. The molecule has 0 aliphatic carbocycles. The fourth-order valence-corrected chi connectivity index (χ4v) is 5.85. The summed E-state index contributed by atoms with van der Waals surface area (Å²) in [7, 11) is 0. The number of hydrogen-bond acceptors (Lipinski definition) is 5. The molecule has 1 atom stereocenters. The van der Waals surface area contributed by atoms with E-state index in [1.165, 1.54) is 4.90 Å². The van der Waals surface area contributed by atoms with Gasteiger partial charge >= 0.3 is 12.4 Å². The van der Waals surface area contributed by atoms with Gasteiger partial charge < -0.3 is 9.80 Å². The molecule has 0 amide bonds. The molecular weight excluding hydrogens is 596 g/mol. The van der Waals surface area contributed by atoms with E-state index in [-0.39, 0.29) is 12.8 Å². The molecule has 0 bridgehead atoms. The molecule has 2 fully saturated rings. The number of aromatic nitrogens is 2. The standard InChI is InChI=1S/C28H28ClF6N5O.C2H6/c29-21-5-8-24(19-3-6-22(7-4-19)38-12-10-37(11-13-38)18-27(30,31)32)25(14-21)39-9-1-2-23(16-39)40-26(28(33,34)35)20(17-41)15-36-40;1-2/h3-8,14-15,17,23H,1-2,9-13,16,18H2;1-2H3. The molecule has 2 saturated heterocycles. The SMILES string of the molecule is CC.O=Cc1cnn(C2CCCN(c3cc(Cl)ccc3-c3ccc(N4CCN(CC(F)(F)F)CC4)cc3)C2)c1C(F)(F)F. The van der Waals surface area contributed by atoms with E-state index in [4.69, 9.17) is 11.6 Å². The Balaban J connectivity index is 0.00000207. The zero-order valence-electron chi connectivity index (χ0n) is 23.9. The molecule has 5 rings (SSSR count). The van der Waals surface area contributed by atoms with E-state index >= 15 is 0 Å². The average Bonchev–Trinajstić information content (AvgIpc) is 3.44. The van der Waals surface area contributed by atoms with E-state index in [1.54, 1.807) is 12.1 Å². The Morgan fingerprint density at radius 3 is 2.21 bits per heavy atom. The third-order valence-corrected chi connectivity index (χ3v) is 7.82. The van der Waals surface area contributed by atoms with Crippen LogP contribution in [0, 0.1) is 0 Å². The van der Waals surface area contributed by atoms with Crippen molar-refractivity contribution in [1.29, 1.82) is 0 Å². The van der Waals surface area contributed by atoms with Gasteiger partial charge in [-0.25, -0.2) is 0 Å². The average molecular weight is 630 g/mol. The quantitative estimate of drug-likeness (QED) is 0.208. The molecule has 0 spiro atoms. The van der Waals surface area contributed by atoms with Crippen molar-refractivity contribution in [2.24, 2.45) is 0 Å². The summed E-state index contributed by atoms with van der Waals surface area (Å²) < 4.78 is 80.4. The van der Waals surface area contributed by atoms with Crippen LogP contribution in [-0.4, -0.2) is 73.0 Å². The highest BCUT2D eigenvalue weighted by atomic mass is 35.5. The summed E-state index contributed by atoms with van der Waals surface area (Å²) >= 11 is 6.35. The van der Waals surface area contributed by atoms with Crippen LogP contribution in [0.5, 0.6) is 0 Å². The van der Waals surface area contributed by atoms with E-state index in [1.807, 2.05) is 54.0 Å². The number of carbonyl (C=O) groups excluding carboxylic acids is 1. The van der Waals surface area contributed by atoms with Gasteiger partial charge in [0.1, 0.15) is 0 Å². The van der Waals surface area contributed by atoms with Gasteiger partial charge in [-0.15, -0.1) is 0 Å². The topological polar surface area (TPSA) is 44.6 Å². The second-order valence-electron chi connectivity index (χ2n) is 10.3. The van der Waals surface area contributed by atoms with Crippen LogP contribution < -0.4 is 9.80 Å². The second kappa shape index (κ2) is 13.6. The van der Waals surface area contributed by atoms with Gasteiger partial charge in [-0.1, -0.05) is 43.6 Å². The number of anilines is 2. The fourth-order valence-electron chi connectivity index (χ4n) is 5.69. The minimum Gasteiger partial charge on any atom is -0.369 e. The molecule has 1 unspecified atom stereocenters. The van der Waals surface area contributed by atoms with Gasteiger partial charge in [-0.2, -0.15) is 31.4 Å². The van der Waals surface area contributed by atoms with E-state index in [0.29, 0.717) is 50.6 Å². The number of piperazine rings is 1. The molecule has 0 N–H and O–H groups in total. The number of halogens is 7. The van der Waals surface area contributed by atoms with Crippen LogP contribution in [0.25, 0.3) is 11.1 Å². The molecule has 43 heavy (non-hydrogen) atoms. The summed E-state index contributed by atoms with van der Waals surface area (Å²) in [6.07, 6.45) is -6.72. The largest absolute Gasteiger partial charge is 0.433 e. The molecule has 3 aromatic rings. The fraction of sp³-hybridized carbons (Fsp3) is 0.467. The minimum atomic E-state index is -4.72. The molecule has 234 valence electrons. The van der Waals surface area contributed by atoms with Crippen molar-refractivity contribution < 1.29 is 31.1 Å². The Labute approximate surface area is 251 Å². The molecule has 0 radical (unpaired) electrons. The number of rotatable bonds is 6. The number of hydrogen-bond donors (Lipinski definition) is 0. The first kappa shape index (κ1) is 32.7. The Kier molecular flexibility index (Phi) is 10.3. The second-order valence-corrected chi connectivity index (χ2v) is 10.8. The maximum absolute atomic E-state index is 13.8. The first-order valence-corrected chi connectivity index (χ1v) is 14.6. The Morgan fingerprint density at radius 1 is 0.930 bits per heavy atom. The lowest BCUT2D eigenvalue weighted by Crippen LogP contribution is -2.49. The Hall–Kier alpha value is -3.25. The van der Waals surface area contributed by atoms with Gasteiger partial charge in [0.15, 0.2) is 12.0 Å². The van der Waals surface area contributed by atoms with Gasteiger partial charge in [0.2, 0.25) is 0 Å². The molecule has 3 heterocycles. The van der Waals surface area contributed by atoms with Crippen molar-refractivity contribution >= 4 is 29.3 Å². The predicted octanol–water partition coefficient (Wildman–Crippen LogP) is 7.59. The van der Waals surface area contributed by atoms with E-state index in [2.05, 4.69) is 5.10 Å². The van der Waals surface area contributed by atoms with Gasteiger partial charge in [0.05, 0.1) is 24.3 Å². The van der Waals surface area contributed by atoms with Gasteiger partial charge in [-0.3, -0.25) is 14.4 Å². The minimum absolute atomic E-state index is 0.175. The molecule has 2 aliphatic rings. The highest BCUT2D eigenvalue weighted by Gasteiger charge is 2.40. The van der Waals surface area contributed by atoms with Crippen molar-refractivity contribution in [3.63, 3.8) is 0 Å². The zero-order chi connectivity index (χ0) is 31.4. The Bertz CT molecular complexity index is 1370. The molecule has 1 aromatic heterocycles. The number of nitrogens with zero attached hydrogens (tertiary/aromatic N) is 5. The van der Waals surface area contributed by atoms with Gasteiger partial charge in [-0.05, 0) is 42.7 Å². The number of aldehydes is 1. The lowest BCUT2D eigenvalue weighted by atomic mass is 9.99. The van der Waals surface area contributed by atoms with Crippen LogP contribution >= 0.6 is 11.6 Å². The summed E-state index contributed by atoms with van der Waals surface area (Å²) in [4.78, 5) is 16.7. The van der Waals surface area contributed by atoms with Crippen LogP contribution in [0.4, 0.5) is 37.7 Å². The summed E-state index contributed by atoms with van der Waals surface area (Å²) in [5, 5.41) is 4.41. The summed E-state index contributed by atoms with van der Waals surface area (Å²) in [6.45, 7) is 5.54. The molecule has 0 saturated carbocycles. The highest BCUT2D eigenvalue weighted by molar-refractivity contribution is 6.31. The predicted molar refractivity (Wildman–Crippen MR) is 156 cm³/mol. The summed E-state index contributed by atoms with van der Waals surface area (Å²) in [6, 6.07) is 12.5. The van der Waals surface area contributed by atoms with E-state index in [9.17, 15) is 31.1 Å². The zero-order valence-corrected chi connectivity index (χ0v) is 24.7. The van der Waals surface area contributed by atoms with Gasteiger partial charge in [0, 0.05) is 61.2 Å². The molecule has 2 aliphatic heterocycles. The van der Waals surface area contributed by atoms with Crippen molar-refractivity contribution in [3.8, 4) is 11.1 Å². The summed E-state index contributed by atoms with van der Waals surface area (Å²) in [5.41, 5.74) is 1.86. The maximum atomic E-state index is 13.8. The van der Waals surface area contributed by atoms with Gasteiger partial charge in [0.25, 0.3) is 0 Å². The Morgan fingerprint density at radius 2 is 1.60 bits per heavy atom. The monoisotopic (exact) mass is 629 g/mol. The van der Waals surface area contributed by atoms with Crippen LogP contribution in [0.1, 0.15) is 48.8 Å². The summed E-state index contributed by atoms with van der Waals surface area (Å²) in [5.74, 6) is 0. The van der Waals surface area contributed by atoms with Crippen LogP contribution in [0.15, 0.2) is 48.7 Å². The lowest BCUT2D eigenvalue weighted by Gasteiger charge is -2.37. The van der Waals surface area contributed by atoms with Crippen molar-refractivity contribution in [1.82, 2.24) is 14.7 Å². The molecule has 6 nitrogen and oxygen atoms in total. The van der Waals surface area contributed by atoms with Crippen molar-refractivity contribution in [2.75, 3.05) is 55.6 Å². The van der Waals surface area contributed by atoms with Crippen LogP contribution in [-0.2, 0) is 6.18 Å². The molecule has 13 heteroatoms. The van der Waals surface area contributed by atoms with E-state index in [0.717, 1.165) is 33.4 Å². The van der Waals surface area contributed by atoms with Crippen molar-refractivity contribution in [2.45, 2.75) is 45.1 Å². The highest BCUT2D eigenvalue weighted by Crippen LogP contribution is 2.39. The van der Waals surface area contributed by atoms with E-state index < -0.39 is 36.2 Å². The molecular formula is C30H34ClF6N5O. The normalized spacial score (nSPS) is 18.3. The number of piperidine rings is 1. The van der Waals surface area contributed by atoms with Crippen LogP contribution in [0.2, 0.25) is 5.02 Å². The van der Waals surface area contributed by atoms with Crippen LogP contribution in [0.3, 0.4) is 0 Å². The number of carbonyl (C=O) groups is 1. The molecule has 2 aromatic carbocycles.